The molecule has 5 atom stereocenters. The first-order valence-corrected chi connectivity index (χ1v) is 9.33. The van der Waals surface area contributed by atoms with Gasteiger partial charge in [0.25, 0.3) is 0 Å². The summed E-state index contributed by atoms with van der Waals surface area (Å²) in [6.07, 6.45) is 0.329. The van der Waals surface area contributed by atoms with E-state index in [1.54, 1.807) is 0 Å². The molecule has 178 valence electrons. The topological polar surface area (TPSA) is 257 Å². The minimum atomic E-state index is -1.66. The van der Waals surface area contributed by atoms with Crippen LogP contribution < -0.4 is 21.7 Å². The van der Waals surface area contributed by atoms with Crippen molar-refractivity contribution in [2.45, 2.75) is 50.0 Å². The zero-order chi connectivity index (χ0) is 24.4. The van der Waals surface area contributed by atoms with Gasteiger partial charge < -0.3 is 47.1 Å². The van der Waals surface area contributed by atoms with Gasteiger partial charge in [-0.15, -0.1) is 0 Å². The van der Waals surface area contributed by atoms with Crippen molar-refractivity contribution in [1.82, 2.24) is 25.9 Å². The van der Waals surface area contributed by atoms with Crippen LogP contribution in [0.1, 0.15) is 19.0 Å². The van der Waals surface area contributed by atoms with Crippen LogP contribution in [-0.4, -0.2) is 96.9 Å². The predicted octanol–water partition coefficient (Wildman–Crippen LogP) is -4.33. The lowest BCUT2D eigenvalue weighted by Gasteiger charge is -2.24. The van der Waals surface area contributed by atoms with Crippen molar-refractivity contribution in [3.05, 3.63) is 18.2 Å². The van der Waals surface area contributed by atoms with Gasteiger partial charge in [-0.25, -0.2) is 9.78 Å². The van der Waals surface area contributed by atoms with Gasteiger partial charge in [-0.05, 0) is 6.92 Å². The van der Waals surface area contributed by atoms with Crippen molar-refractivity contribution in [1.29, 1.82) is 0 Å². The Morgan fingerprint density at radius 1 is 1.06 bits per heavy atom. The zero-order valence-electron chi connectivity index (χ0n) is 17.0. The van der Waals surface area contributed by atoms with E-state index in [4.69, 9.17) is 15.9 Å². The normalized spacial score (nSPS) is 15.5. The van der Waals surface area contributed by atoms with E-state index in [2.05, 4.69) is 25.9 Å². The molecule has 1 rings (SSSR count). The van der Waals surface area contributed by atoms with Crippen LogP contribution in [0.4, 0.5) is 0 Å². The number of carbonyl (C=O) groups is 5. The van der Waals surface area contributed by atoms with E-state index in [-0.39, 0.29) is 6.42 Å². The molecule has 5 unspecified atom stereocenters. The SMILES string of the molecule is CC(O)C(NC(=O)C(Cc1cnc[nH]1)NC(=O)C(CO)NC(=O)C(N)CC(=O)O)C(=O)O. The molecule has 0 aliphatic carbocycles. The van der Waals surface area contributed by atoms with Crippen LogP contribution >= 0.6 is 0 Å². The number of aliphatic carboxylic acids is 2. The molecule has 1 aromatic heterocycles. The third-order valence-electron chi connectivity index (χ3n) is 4.20. The number of amides is 3. The fraction of sp³-hybridized carbons (Fsp3) is 0.529. The molecule has 0 saturated heterocycles. The minimum Gasteiger partial charge on any atom is -0.481 e. The Hall–Kier alpha value is -3.56. The third kappa shape index (κ3) is 8.29. The van der Waals surface area contributed by atoms with Gasteiger partial charge in [-0.3, -0.25) is 19.2 Å². The number of rotatable bonds is 13. The number of aromatic amines is 1. The number of nitrogens with one attached hydrogen (secondary N) is 4. The lowest BCUT2D eigenvalue weighted by atomic mass is 10.1. The molecule has 0 aromatic carbocycles. The molecule has 0 saturated carbocycles. The van der Waals surface area contributed by atoms with Gasteiger partial charge in [-0.1, -0.05) is 0 Å². The minimum absolute atomic E-state index is 0.172. The molecule has 10 N–H and O–H groups in total. The number of aliphatic hydroxyl groups excluding tert-OH is 2. The van der Waals surface area contributed by atoms with E-state index in [9.17, 15) is 34.2 Å². The summed E-state index contributed by atoms with van der Waals surface area (Å²) in [5, 5.41) is 43.3. The average Bonchev–Trinajstić information content (AvgIpc) is 3.21. The summed E-state index contributed by atoms with van der Waals surface area (Å²) in [6, 6.07) is -6.11. The van der Waals surface area contributed by atoms with Gasteiger partial charge in [0, 0.05) is 18.3 Å². The highest BCUT2D eigenvalue weighted by Crippen LogP contribution is 2.03. The maximum Gasteiger partial charge on any atom is 0.328 e. The second-order valence-corrected chi connectivity index (χ2v) is 6.86. The number of H-pyrrole nitrogens is 1. The Kier molecular flexibility index (Phi) is 10.2. The van der Waals surface area contributed by atoms with E-state index in [1.165, 1.54) is 12.5 Å². The molecule has 0 bridgehead atoms. The zero-order valence-corrected chi connectivity index (χ0v) is 17.0. The molecule has 0 aliphatic rings. The van der Waals surface area contributed by atoms with Gasteiger partial charge in [-0.2, -0.15) is 0 Å². The van der Waals surface area contributed by atoms with E-state index in [0.29, 0.717) is 5.69 Å². The van der Waals surface area contributed by atoms with E-state index >= 15 is 0 Å². The Labute approximate surface area is 181 Å². The molecule has 0 aliphatic heterocycles. The van der Waals surface area contributed by atoms with Crippen molar-refractivity contribution >= 4 is 29.7 Å². The number of carboxylic acid groups (broad SMARTS) is 2. The number of nitrogens with zero attached hydrogens (tertiary/aromatic N) is 1. The summed E-state index contributed by atoms with van der Waals surface area (Å²) in [4.78, 5) is 65.5. The summed E-state index contributed by atoms with van der Waals surface area (Å²) in [7, 11) is 0. The molecule has 32 heavy (non-hydrogen) atoms. The third-order valence-corrected chi connectivity index (χ3v) is 4.20. The summed E-state index contributed by atoms with van der Waals surface area (Å²) < 4.78 is 0. The first-order valence-electron chi connectivity index (χ1n) is 9.33. The molecular formula is C17H26N6O9. The highest BCUT2D eigenvalue weighted by atomic mass is 16.4. The molecule has 1 aromatic rings. The number of hydrogen-bond donors (Lipinski definition) is 9. The van der Waals surface area contributed by atoms with Crippen LogP contribution in [0.2, 0.25) is 0 Å². The quantitative estimate of drug-likeness (QED) is 0.136. The van der Waals surface area contributed by atoms with Crippen molar-refractivity contribution in [2.24, 2.45) is 5.73 Å². The Balaban J connectivity index is 2.95. The summed E-state index contributed by atoms with van der Waals surface area (Å²) in [6.45, 7) is 0.250. The first-order chi connectivity index (χ1) is 15.0. The van der Waals surface area contributed by atoms with E-state index < -0.39 is 73.0 Å². The number of aliphatic hydroxyl groups is 2. The summed E-state index contributed by atoms with van der Waals surface area (Å²) in [5.41, 5.74) is 5.80. The lowest BCUT2D eigenvalue weighted by molar-refractivity contribution is -0.145. The number of imidazole rings is 1. The lowest BCUT2D eigenvalue weighted by Crippen LogP contribution is -2.59. The maximum atomic E-state index is 12.6. The van der Waals surface area contributed by atoms with Crippen LogP contribution in [0.25, 0.3) is 0 Å². The summed E-state index contributed by atoms with van der Waals surface area (Å²) in [5.74, 6) is -5.86. The molecular weight excluding hydrogens is 432 g/mol. The van der Waals surface area contributed by atoms with Crippen molar-refractivity contribution in [2.75, 3.05) is 6.61 Å². The maximum absolute atomic E-state index is 12.6. The standard InChI is InChI=1S/C17H26N6O9/c1-7(25)13(17(31)32)23-15(29)10(2-8-4-19-6-20-8)21-16(30)11(5-24)22-14(28)9(18)3-12(26)27/h4,6-7,9-11,13,24-25H,2-3,5,18H2,1H3,(H,19,20)(H,21,30)(H,22,28)(H,23,29)(H,26,27)(H,31,32). The monoisotopic (exact) mass is 458 g/mol. The second-order valence-electron chi connectivity index (χ2n) is 6.86. The number of carboxylic acids is 2. The van der Waals surface area contributed by atoms with Gasteiger partial charge in [0.1, 0.15) is 12.1 Å². The number of nitrogens with two attached hydrogens (primary N) is 1. The largest absolute Gasteiger partial charge is 0.481 e. The molecule has 0 spiro atoms. The van der Waals surface area contributed by atoms with Crippen LogP contribution in [0.5, 0.6) is 0 Å². The number of hydrogen-bond acceptors (Lipinski definition) is 9. The highest BCUT2D eigenvalue weighted by Gasteiger charge is 2.32. The molecule has 15 nitrogen and oxygen atoms in total. The van der Waals surface area contributed by atoms with Crippen LogP contribution in [0.3, 0.4) is 0 Å². The Bertz CT molecular complexity index is 813. The van der Waals surface area contributed by atoms with Gasteiger partial charge in [0.2, 0.25) is 17.7 Å². The van der Waals surface area contributed by atoms with Crippen molar-refractivity contribution in [3.8, 4) is 0 Å². The Morgan fingerprint density at radius 3 is 2.12 bits per heavy atom. The number of aromatic nitrogens is 2. The molecule has 0 fully saturated rings. The van der Waals surface area contributed by atoms with E-state index in [1.807, 2.05) is 0 Å². The fourth-order valence-corrected chi connectivity index (χ4v) is 2.49. The molecule has 3 amide bonds. The Morgan fingerprint density at radius 2 is 1.66 bits per heavy atom. The van der Waals surface area contributed by atoms with E-state index in [0.717, 1.165) is 6.92 Å². The second kappa shape index (κ2) is 12.3. The van der Waals surface area contributed by atoms with Crippen LogP contribution in [-0.2, 0) is 30.4 Å². The smallest absolute Gasteiger partial charge is 0.328 e. The molecule has 15 heteroatoms. The molecule has 1 heterocycles. The highest BCUT2D eigenvalue weighted by molar-refractivity contribution is 5.95. The summed E-state index contributed by atoms with van der Waals surface area (Å²) >= 11 is 0. The average molecular weight is 458 g/mol. The van der Waals surface area contributed by atoms with Crippen LogP contribution in [0, 0.1) is 0 Å². The number of carbonyl (C=O) groups excluding carboxylic acids is 3. The van der Waals surface area contributed by atoms with Gasteiger partial charge in [0.05, 0.1) is 31.5 Å². The fourth-order valence-electron chi connectivity index (χ4n) is 2.49. The van der Waals surface area contributed by atoms with Crippen LogP contribution in [0.15, 0.2) is 12.5 Å². The van der Waals surface area contributed by atoms with Crippen molar-refractivity contribution in [3.63, 3.8) is 0 Å². The predicted molar refractivity (Wildman–Crippen MR) is 105 cm³/mol. The van der Waals surface area contributed by atoms with Crippen molar-refractivity contribution < 1.29 is 44.4 Å². The first kappa shape index (κ1) is 26.5. The van der Waals surface area contributed by atoms with Gasteiger partial charge >= 0.3 is 11.9 Å². The molecule has 0 radical (unpaired) electrons. The van der Waals surface area contributed by atoms with Gasteiger partial charge in [0.15, 0.2) is 6.04 Å².